The lowest BCUT2D eigenvalue weighted by molar-refractivity contribution is 0.0697. The first-order valence-corrected chi connectivity index (χ1v) is 5.20. The van der Waals surface area contributed by atoms with E-state index >= 15 is 0 Å². The molecule has 2 N–H and O–H groups in total. The molecule has 4 nitrogen and oxygen atoms in total. The van der Waals surface area contributed by atoms with E-state index in [1.54, 1.807) is 25.3 Å². The highest BCUT2D eigenvalue weighted by Gasteiger charge is 2.12. The van der Waals surface area contributed by atoms with Gasteiger partial charge in [-0.1, -0.05) is 6.07 Å². The Hall–Kier alpha value is -1.07. The van der Waals surface area contributed by atoms with Crippen LogP contribution in [0, 0.1) is 0 Å². The van der Waals surface area contributed by atoms with Crippen LogP contribution in [0.15, 0.2) is 22.7 Å². The quantitative estimate of drug-likeness (QED) is 0.808. The lowest BCUT2D eigenvalue weighted by atomic mass is 10.2. The Labute approximate surface area is 96.4 Å². The van der Waals surface area contributed by atoms with Crippen molar-refractivity contribution < 1.29 is 14.6 Å². The van der Waals surface area contributed by atoms with Gasteiger partial charge in [0.05, 0.1) is 12.2 Å². The molecule has 0 unspecified atom stereocenters. The van der Waals surface area contributed by atoms with Crippen LogP contribution in [0.25, 0.3) is 0 Å². The van der Waals surface area contributed by atoms with E-state index in [-0.39, 0.29) is 5.56 Å². The molecule has 15 heavy (non-hydrogen) atoms. The monoisotopic (exact) mass is 273 g/mol. The summed E-state index contributed by atoms with van der Waals surface area (Å²) in [4.78, 5) is 11.0. The number of carboxylic acids is 1. The summed E-state index contributed by atoms with van der Waals surface area (Å²) >= 11 is 3.20. The Bertz CT molecular complexity index is 355. The third kappa shape index (κ3) is 3.21. The summed E-state index contributed by atoms with van der Waals surface area (Å²) in [7, 11) is 1.60. The van der Waals surface area contributed by atoms with E-state index < -0.39 is 5.97 Å². The zero-order chi connectivity index (χ0) is 11.3. The summed E-state index contributed by atoms with van der Waals surface area (Å²) in [5, 5.41) is 12.0. The molecule has 0 heterocycles. The molecule has 0 aliphatic heterocycles. The fourth-order valence-corrected chi connectivity index (χ4v) is 1.71. The van der Waals surface area contributed by atoms with E-state index in [9.17, 15) is 4.79 Å². The van der Waals surface area contributed by atoms with Crippen molar-refractivity contribution in [2.24, 2.45) is 0 Å². The molecule has 0 saturated heterocycles. The number of methoxy groups -OCH3 is 1. The van der Waals surface area contributed by atoms with E-state index in [0.29, 0.717) is 23.3 Å². The second-order valence-corrected chi connectivity index (χ2v) is 3.74. The molecule has 0 aliphatic carbocycles. The van der Waals surface area contributed by atoms with Gasteiger partial charge in [-0.05, 0) is 28.1 Å². The molecule has 5 heteroatoms. The van der Waals surface area contributed by atoms with E-state index in [2.05, 4.69) is 21.2 Å². The Morgan fingerprint density at radius 3 is 2.93 bits per heavy atom. The van der Waals surface area contributed by atoms with Gasteiger partial charge in [-0.2, -0.15) is 0 Å². The van der Waals surface area contributed by atoms with Gasteiger partial charge in [0.15, 0.2) is 0 Å². The topological polar surface area (TPSA) is 58.6 Å². The normalized spacial score (nSPS) is 10.0. The Morgan fingerprint density at radius 1 is 1.60 bits per heavy atom. The van der Waals surface area contributed by atoms with Gasteiger partial charge in [-0.15, -0.1) is 0 Å². The molecule has 82 valence electrons. The highest BCUT2D eigenvalue weighted by Crippen LogP contribution is 2.24. The van der Waals surface area contributed by atoms with Gasteiger partial charge in [0, 0.05) is 23.8 Å². The molecule has 0 radical (unpaired) electrons. The molecule has 1 aromatic carbocycles. The maximum atomic E-state index is 11.0. The van der Waals surface area contributed by atoms with Crippen molar-refractivity contribution in [3.05, 3.63) is 28.2 Å². The molecular weight excluding hydrogens is 262 g/mol. The van der Waals surface area contributed by atoms with E-state index in [0.717, 1.165) is 0 Å². The largest absolute Gasteiger partial charge is 0.478 e. The molecule has 0 atom stereocenters. The number of ether oxygens (including phenoxy) is 1. The lowest BCUT2D eigenvalue weighted by Gasteiger charge is -2.10. The van der Waals surface area contributed by atoms with Crippen LogP contribution < -0.4 is 5.32 Å². The van der Waals surface area contributed by atoms with Crippen LogP contribution in [-0.4, -0.2) is 31.3 Å². The Kier molecular flexibility index (Phi) is 4.58. The summed E-state index contributed by atoms with van der Waals surface area (Å²) in [6, 6.07) is 5.21. The zero-order valence-corrected chi connectivity index (χ0v) is 9.87. The van der Waals surface area contributed by atoms with Gasteiger partial charge in [0.1, 0.15) is 0 Å². The molecule has 0 amide bonds. The molecule has 1 rings (SSSR count). The zero-order valence-electron chi connectivity index (χ0n) is 8.29. The minimum Gasteiger partial charge on any atom is -0.478 e. The minimum atomic E-state index is -0.956. The van der Waals surface area contributed by atoms with Crippen molar-refractivity contribution >= 4 is 27.6 Å². The van der Waals surface area contributed by atoms with Crippen LogP contribution in [0.3, 0.4) is 0 Å². The van der Waals surface area contributed by atoms with Crippen molar-refractivity contribution in [2.75, 3.05) is 25.6 Å². The number of aromatic carboxylic acids is 1. The number of anilines is 1. The summed E-state index contributed by atoms with van der Waals surface area (Å²) in [6.07, 6.45) is 0. The van der Waals surface area contributed by atoms with Gasteiger partial charge in [0.2, 0.25) is 0 Å². The van der Waals surface area contributed by atoms with Gasteiger partial charge < -0.3 is 15.2 Å². The van der Waals surface area contributed by atoms with Crippen LogP contribution in [0.1, 0.15) is 10.4 Å². The highest BCUT2D eigenvalue weighted by molar-refractivity contribution is 9.10. The number of benzene rings is 1. The maximum absolute atomic E-state index is 11.0. The third-order valence-corrected chi connectivity index (χ3v) is 2.51. The Balaban J connectivity index is 2.86. The lowest BCUT2D eigenvalue weighted by Crippen LogP contribution is -2.11. The standard InChI is InChI=1S/C10H12BrNO3/c1-15-6-5-12-8-4-2-3-7(11)9(8)10(13)14/h2-4,12H,5-6H2,1H3,(H,13,14). The van der Waals surface area contributed by atoms with E-state index in [1.165, 1.54) is 0 Å². The van der Waals surface area contributed by atoms with Gasteiger partial charge in [-0.25, -0.2) is 4.79 Å². The number of rotatable bonds is 5. The van der Waals surface area contributed by atoms with Crippen LogP contribution in [0.5, 0.6) is 0 Å². The molecule has 0 fully saturated rings. The second kappa shape index (κ2) is 5.72. The van der Waals surface area contributed by atoms with Gasteiger partial charge in [0.25, 0.3) is 0 Å². The predicted octanol–water partition coefficient (Wildman–Crippen LogP) is 2.21. The summed E-state index contributed by atoms with van der Waals surface area (Å²) in [6.45, 7) is 1.11. The molecule has 0 spiro atoms. The minimum absolute atomic E-state index is 0.244. The van der Waals surface area contributed by atoms with Crippen molar-refractivity contribution in [2.45, 2.75) is 0 Å². The van der Waals surface area contributed by atoms with Crippen molar-refractivity contribution in [3.8, 4) is 0 Å². The molecule has 0 saturated carbocycles. The molecular formula is C10H12BrNO3. The number of halogens is 1. The average molecular weight is 274 g/mol. The van der Waals surface area contributed by atoms with Crippen LogP contribution in [-0.2, 0) is 4.74 Å². The number of carbonyl (C=O) groups is 1. The smallest absolute Gasteiger partial charge is 0.338 e. The number of hydrogen-bond acceptors (Lipinski definition) is 3. The number of nitrogens with one attached hydrogen (secondary N) is 1. The molecule has 0 aromatic heterocycles. The van der Waals surface area contributed by atoms with Gasteiger partial charge >= 0.3 is 5.97 Å². The van der Waals surface area contributed by atoms with Crippen LogP contribution in [0.2, 0.25) is 0 Å². The molecule has 0 bridgehead atoms. The van der Waals surface area contributed by atoms with Crippen LogP contribution in [0.4, 0.5) is 5.69 Å². The third-order valence-electron chi connectivity index (χ3n) is 1.85. The van der Waals surface area contributed by atoms with E-state index in [4.69, 9.17) is 9.84 Å². The second-order valence-electron chi connectivity index (χ2n) is 2.89. The van der Waals surface area contributed by atoms with Crippen LogP contribution >= 0.6 is 15.9 Å². The van der Waals surface area contributed by atoms with Gasteiger partial charge in [-0.3, -0.25) is 0 Å². The number of carboxylic acid groups (broad SMARTS) is 1. The average Bonchev–Trinajstić information content (AvgIpc) is 2.17. The SMILES string of the molecule is COCCNc1cccc(Br)c1C(=O)O. The first-order valence-electron chi connectivity index (χ1n) is 4.41. The first kappa shape index (κ1) is 12.0. The molecule has 1 aromatic rings. The summed E-state index contributed by atoms with van der Waals surface area (Å²) < 4.78 is 5.44. The predicted molar refractivity (Wildman–Crippen MR) is 61.5 cm³/mol. The number of hydrogen-bond donors (Lipinski definition) is 2. The summed E-state index contributed by atoms with van der Waals surface area (Å²) in [5.74, 6) is -0.956. The van der Waals surface area contributed by atoms with E-state index in [1.807, 2.05) is 0 Å². The Morgan fingerprint density at radius 2 is 2.33 bits per heavy atom. The molecule has 0 aliphatic rings. The maximum Gasteiger partial charge on any atom is 0.338 e. The fourth-order valence-electron chi connectivity index (χ4n) is 1.18. The van der Waals surface area contributed by atoms with Crippen molar-refractivity contribution in [1.29, 1.82) is 0 Å². The highest BCUT2D eigenvalue weighted by atomic mass is 79.9. The van der Waals surface area contributed by atoms with Crippen molar-refractivity contribution in [1.82, 2.24) is 0 Å². The fraction of sp³-hybridized carbons (Fsp3) is 0.300. The summed E-state index contributed by atoms with van der Waals surface area (Å²) in [5.41, 5.74) is 0.836. The van der Waals surface area contributed by atoms with Crippen molar-refractivity contribution in [3.63, 3.8) is 0 Å². The first-order chi connectivity index (χ1) is 7.16.